The van der Waals surface area contributed by atoms with E-state index in [1.54, 1.807) is 7.11 Å². The van der Waals surface area contributed by atoms with Crippen molar-refractivity contribution in [3.8, 4) is 0 Å². The maximum atomic E-state index is 5.45. The number of nitrogens with zero attached hydrogens (tertiary/aromatic N) is 2. The van der Waals surface area contributed by atoms with Crippen molar-refractivity contribution in [2.24, 2.45) is 0 Å². The first-order chi connectivity index (χ1) is 9.85. The summed E-state index contributed by atoms with van der Waals surface area (Å²) < 4.78 is 5.45. The molecule has 0 saturated heterocycles. The predicted octanol–water partition coefficient (Wildman–Crippen LogP) is 3.10. The van der Waals surface area contributed by atoms with Crippen LogP contribution in [0.1, 0.15) is 51.4 Å². The third kappa shape index (κ3) is 3.64. The molecule has 1 aromatic heterocycles. The Kier molecular flexibility index (Phi) is 4.71. The van der Waals surface area contributed by atoms with Crippen LogP contribution in [0.5, 0.6) is 0 Å². The van der Waals surface area contributed by atoms with E-state index in [-0.39, 0.29) is 5.41 Å². The molecule has 0 spiro atoms. The van der Waals surface area contributed by atoms with E-state index in [0.717, 1.165) is 42.3 Å². The fraction of sp³-hybridized carbons (Fsp3) is 0.750. The van der Waals surface area contributed by atoms with E-state index in [1.807, 2.05) is 7.05 Å². The molecule has 1 saturated carbocycles. The van der Waals surface area contributed by atoms with Gasteiger partial charge in [0.05, 0.1) is 6.10 Å². The zero-order valence-corrected chi connectivity index (χ0v) is 14.1. The van der Waals surface area contributed by atoms with Crippen LogP contribution in [0, 0.1) is 6.92 Å². The monoisotopic (exact) mass is 292 g/mol. The molecule has 2 unspecified atom stereocenters. The van der Waals surface area contributed by atoms with Gasteiger partial charge in [0.2, 0.25) is 0 Å². The number of nitrogens with one attached hydrogen (secondary N) is 2. The number of hydrogen-bond acceptors (Lipinski definition) is 5. The van der Waals surface area contributed by atoms with Gasteiger partial charge in [-0.25, -0.2) is 9.97 Å². The van der Waals surface area contributed by atoms with Gasteiger partial charge in [-0.15, -0.1) is 0 Å². The third-order valence-corrected chi connectivity index (χ3v) is 4.11. The number of anilines is 2. The largest absolute Gasteiger partial charge is 0.381 e. The van der Waals surface area contributed by atoms with Crippen LogP contribution >= 0.6 is 0 Å². The summed E-state index contributed by atoms with van der Waals surface area (Å²) in [5, 5.41) is 6.77. The van der Waals surface area contributed by atoms with Gasteiger partial charge in [-0.05, 0) is 26.2 Å². The normalized spacial score (nSPS) is 22.4. The topological polar surface area (TPSA) is 59.1 Å². The average molecular weight is 292 g/mol. The molecule has 5 nitrogen and oxygen atoms in total. The molecule has 118 valence electrons. The number of ether oxygens (including phenoxy) is 1. The number of rotatable bonds is 4. The summed E-state index contributed by atoms with van der Waals surface area (Å²) >= 11 is 0. The summed E-state index contributed by atoms with van der Waals surface area (Å²) in [7, 11) is 3.70. The van der Waals surface area contributed by atoms with Gasteiger partial charge in [0.15, 0.2) is 0 Å². The Morgan fingerprint density at radius 3 is 2.33 bits per heavy atom. The van der Waals surface area contributed by atoms with Gasteiger partial charge in [-0.1, -0.05) is 20.8 Å². The number of hydrogen-bond donors (Lipinski definition) is 2. The van der Waals surface area contributed by atoms with Gasteiger partial charge in [0.1, 0.15) is 17.5 Å². The van der Waals surface area contributed by atoms with Crippen molar-refractivity contribution in [2.75, 3.05) is 24.8 Å². The zero-order chi connectivity index (χ0) is 15.6. The summed E-state index contributed by atoms with van der Waals surface area (Å²) in [4.78, 5) is 9.40. The van der Waals surface area contributed by atoms with E-state index in [0.29, 0.717) is 12.1 Å². The van der Waals surface area contributed by atoms with E-state index in [2.05, 4.69) is 43.3 Å². The molecule has 2 atom stereocenters. The van der Waals surface area contributed by atoms with Gasteiger partial charge in [-0.3, -0.25) is 0 Å². The number of aromatic nitrogens is 2. The van der Waals surface area contributed by atoms with Crippen LogP contribution < -0.4 is 10.6 Å². The van der Waals surface area contributed by atoms with Crippen LogP contribution in [-0.2, 0) is 10.2 Å². The molecule has 1 heterocycles. The quantitative estimate of drug-likeness (QED) is 0.893. The summed E-state index contributed by atoms with van der Waals surface area (Å²) in [6, 6.07) is 0.432. The molecule has 1 aromatic rings. The molecule has 2 N–H and O–H groups in total. The predicted molar refractivity (Wildman–Crippen MR) is 87.1 cm³/mol. The van der Waals surface area contributed by atoms with E-state index in [9.17, 15) is 0 Å². The molecule has 1 fully saturated rings. The zero-order valence-electron chi connectivity index (χ0n) is 14.1. The smallest absolute Gasteiger partial charge is 0.138 e. The van der Waals surface area contributed by atoms with Crippen molar-refractivity contribution < 1.29 is 4.74 Å². The van der Waals surface area contributed by atoms with Crippen LogP contribution in [0.4, 0.5) is 11.6 Å². The van der Waals surface area contributed by atoms with E-state index in [4.69, 9.17) is 9.72 Å². The first kappa shape index (κ1) is 16.0. The Labute approximate surface area is 127 Å². The highest BCUT2D eigenvalue weighted by Gasteiger charge is 2.26. The molecule has 2 rings (SSSR count). The van der Waals surface area contributed by atoms with Crippen LogP contribution in [0.25, 0.3) is 0 Å². The molecule has 0 bridgehead atoms. The van der Waals surface area contributed by atoms with Crippen LogP contribution in [0.15, 0.2) is 0 Å². The summed E-state index contributed by atoms with van der Waals surface area (Å²) in [5.41, 5.74) is 1.01. The fourth-order valence-electron chi connectivity index (χ4n) is 2.71. The second kappa shape index (κ2) is 6.18. The van der Waals surface area contributed by atoms with Gasteiger partial charge in [-0.2, -0.15) is 0 Å². The van der Waals surface area contributed by atoms with Crippen molar-refractivity contribution in [1.82, 2.24) is 9.97 Å². The summed E-state index contributed by atoms with van der Waals surface area (Å²) in [6.07, 6.45) is 3.65. The summed E-state index contributed by atoms with van der Waals surface area (Å²) in [5.74, 6) is 2.71. The number of methoxy groups -OCH3 is 1. The second-order valence-electron chi connectivity index (χ2n) is 6.88. The molecule has 0 aliphatic heterocycles. The van der Waals surface area contributed by atoms with Crippen molar-refractivity contribution in [3.05, 3.63) is 11.4 Å². The molecule has 0 amide bonds. The Hall–Kier alpha value is -1.36. The molecule has 1 aliphatic carbocycles. The van der Waals surface area contributed by atoms with E-state index < -0.39 is 0 Å². The SMILES string of the molecule is CNc1nc(C(C)(C)C)nc(NC2CCC(OC)C2)c1C. The molecular formula is C16H28N4O. The first-order valence-electron chi connectivity index (χ1n) is 7.71. The minimum atomic E-state index is -0.0690. The fourth-order valence-corrected chi connectivity index (χ4v) is 2.71. The van der Waals surface area contributed by atoms with Gasteiger partial charge in [0.25, 0.3) is 0 Å². The Morgan fingerprint density at radius 1 is 1.14 bits per heavy atom. The highest BCUT2D eigenvalue weighted by atomic mass is 16.5. The van der Waals surface area contributed by atoms with Crippen LogP contribution in [-0.4, -0.2) is 36.3 Å². The van der Waals surface area contributed by atoms with Crippen LogP contribution in [0.2, 0.25) is 0 Å². The lowest BCUT2D eigenvalue weighted by Crippen LogP contribution is -2.23. The Bertz CT molecular complexity index is 496. The molecular weight excluding hydrogens is 264 g/mol. The maximum Gasteiger partial charge on any atom is 0.138 e. The minimum absolute atomic E-state index is 0.0690. The highest BCUT2D eigenvalue weighted by molar-refractivity contribution is 5.57. The van der Waals surface area contributed by atoms with Crippen molar-refractivity contribution in [1.29, 1.82) is 0 Å². The van der Waals surface area contributed by atoms with Crippen LogP contribution in [0.3, 0.4) is 0 Å². The lowest BCUT2D eigenvalue weighted by Gasteiger charge is -2.22. The molecule has 5 heteroatoms. The molecule has 21 heavy (non-hydrogen) atoms. The van der Waals surface area contributed by atoms with Gasteiger partial charge < -0.3 is 15.4 Å². The minimum Gasteiger partial charge on any atom is -0.381 e. The molecule has 0 aromatic carbocycles. The van der Waals surface area contributed by atoms with E-state index >= 15 is 0 Å². The van der Waals surface area contributed by atoms with Gasteiger partial charge in [0, 0.05) is 31.2 Å². The Morgan fingerprint density at radius 2 is 1.81 bits per heavy atom. The van der Waals surface area contributed by atoms with Gasteiger partial charge >= 0.3 is 0 Å². The van der Waals surface area contributed by atoms with Crippen molar-refractivity contribution >= 4 is 11.6 Å². The van der Waals surface area contributed by atoms with Crippen molar-refractivity contribution in [3.63, 3.8) is 0 Å². The third-order valence-electron chi connectivity index (χ3n) is 4.11. The maximum absolute atomic E-state index is 5.45. The van der Waals surface area contributed by atoms with E-state index in [1.165, 1.54) is 0 Å². The lowest BCUT2D eigenvalue weighted by atomic mass is 9.95. The summed E-state index contributed by atoms with van der Waals surface area (Å²) in [6.45, 7) is 8.47. The average Bonchev–Trinajstić information content (AvgIpc) is 2.87. The highest BCUT2D eigenvalue weighted by Crippen LogP contribution is 2.29. The first-order valence-corrected chi connectivity index (χ1v) is 7.71. The molecule has 1 aliphatic rings. The lowest BCUT2D eigenvalue weighted by molar-refractivity contribution is 0.108. The molecule has 0 radical (unpaired) electrons. The Balaban J connectivity index is 2.26. The second-order valence-corrected chi connectivity index (χ2v) is 6.88. The van der Waals surface area contributed by atoms with Crippen molar-refractivity contribution in [2.45, 2.75) is 64.5 Å². The standard InChI is InChI=1S/C16H28N4O/c1-10-13(17-5)19-15(16(2,3)4)20-14(10)18-11-7-8-12(9-11)21-6/h11-12H,7-9H2,1-6H3,(H2,17,18,19,20).